The maximum Gasteiger partial charge on any atom is 0.353 e. The molecule has 5 aromatic rings. The molecule has 11 heteroatoms. The average molecular weight is 933 g/mol. The molecule has 4 aromatic carbocycles. The second-order valence-electron chi connectivity index (χ2n) is 16.8. The number of thiophene rings is 1. The topological polar surface area (TPSA) is 124 Å². The van der Waals surface area contributed by atoms with Crippen LogP contribution >= 0.6 is 11.3 Å². The summed E-state index contributed by atoms with van der Waals surface area (Å²) in [4.78, 5) is 51.8. The maximum absolute atomic E-state index is 12.9. The predicted molar refractivity (Wildman–Crippen MR) is 265 cm³/mol. The van der Waals surface area contributed by atoms with Gasteiger partial charge in [0.25, 0.3) is 0 Å². The van der Waals surface area contributed by atoms with Crippen molar-refractivity contribution in [3.05, 3.63) is 130 Å². The average Bonchev–Trinajstić information content (AvgIpc) is 3.85. The van der Waals surface area contributed by atoms with Gasteiger partial charge in [0.1, 0.15) is 44.3 Å². The van der Waals surface area contributed by atoms with Gasteiger partial charge in [-0.1, -0.05) is 129 Å². The normalized spacial score (nSPS) is 10.9. The fraction of sp³-hybridized carbons (Fsp3) is 0.429. The zero-order valence-electron chi connectivity index (χ0n) is 39.4. The lowest BCUT2D eigenvalue weighted by Crippen LogP contribution is -2.09. The number of unbranched alkanes of at least 4 members (excludes halogenated alkanes) is 18. The number of benzene rings is 4. The Bertz CT molecular complexity index is 2040. The molecule has 0 saturated heterocycles. The molecule has 1 aromatic heterocycles. The molecule has 0 fully saturated rings. The molecule has 0 aliphatic carbocycles. The van der Waals surface area contributed by atoms with Gasteiger partial charge in [-0.15, -0.1) is 11.3 Å². The van der Waals surface area contributed by atoms with Crippen LogP contribution in [0.4, 0.5) is 0 Å². The molecule has 67 heavy (non-hydrogen) atoms. The Kier molecular flexibility index (Phi) is 23.6. The van der Waals surface area contributed by atoms with Gasteiger partial charge < -0.3 is 28.4 Å². The summed E-state index contributed by atoms with van der Waals surface area (Å²) >= 11 is 0.924. The van der Waals surface area contributed by atoms with Crippen molar-refractivity contribution in [2.24, 2.45) is 0 Å². The molecule has 0 aliphatic rings. The molecule has 0 spiro atoms. The zero-order chi connectivity index (χ0) is 47.3. The first-order chi connectivity index (χ1) is 32.8. The monoisotopic (exact) mass is 932 g/mol. The third-order valence-corrected chi connectivity index (χ3v) is 12.3. The van der Waals surface area contributed by atoms with E-state index in [1.165, 1.54) is 163 Å². The van der Waals surface area contributed by atoms with E-state index in [0.29, 0.717) is 35.8 Å². The second kappa shape index (κ2) is 30.4. The number of carbonyl (C=O) groups excluding carboxylic acids is 4. The van der Waals surface area contributed by atoms with Crippen molar-refractivity contribution in [2.45, 2.75) is 142 Å². The van der Waals surface area contributed by atoms with Crippen LogP contribution < -0.4 is 28.4 Å². The van der Waals surface area contributed by atoms with Crippen molar-refractivity contribution >= 4 is 35.2 Å². The number of ether oxygens (including phenoxy) is 6. The molecule has 0 radical (unpaired) electrons. The first kappa shape index (κ1) is 52.0. The SMILES string of the molecule is CCCCCCCCCCCCOc1ccc(C(=O)Oc2ccc(OC(=O)c3ccc(C(=O)Oc4ccc(OC(=O)c5ccc(OCCCCCCCCCCCC)cc5)cc4)s3)cc2)cc1. The Labute approximate surface area is 401 Å². The van der Waals surface area contributed by atoms with Crippen LogP contribution in [0, 0.1) is 0 Å². The summed E-state index contributed by atoms with van der Waals surface area (Å²) in [5, 5.41) is 0. The number of carbonyl (C=O) groups is 4. The molecule has 0 atom stereocenters. The molecule has 1 heterocycles. The van der Waals surface area contributed by atoms with Crippen LogP contribution in [0.15, 0.2) is 109 Å². The Morgan fingerprint density at radius 1 is 0.313 bits per heavy atom. The number of rotatable bonds is 32. The molecule has 0 unspecified atom stereocenters. The Morgan fingerprint density at radius 3 is 0.866 bits per heavy atom. The van der Waals surface area contributed by atoms with E-state index in [2.05, 4.69) is 13.8 Å². The summed E-state index contributed by atoms with van der Waals surface area (Å²) in [6, 6.07) is 28.9. The molecule has 0 aliphatic heterocycles. The zero-order valence-corrected chi connectivity index (χ0v) is 40.3. The van der Waals surface area contributed by atoms with E-state index >= 15 is 0 Å². The largest absolute Gasteiger partial charge is 0.494 e. The molecule has 0 amide bonds. The molecular weight excluding hydrogens is 865 g/mol. The summed E-state index contributed by atoms with van der Waals surface area (Å²) in [5.41, 5.74) is 0.758. The fourth-order valence-electron chi connectivity index (χ4n) is 7.29. The smallest absolute Gasteiger partial charge is 0.353 e. The summed E-state index contributed by atoms with van der Waals surface area (Å²) in [6.45, 7) is 5.77. The van der Waals surface area contributed by atoms with Gasteiger partial charge in [0.15, 0.2) is 0 Å². The van der Waals surface area contributed by atoms with Crippen molar-refractivity contribution in [3.8, 4) is 34.5 Å². The number of hydrogen-bond donors (Lipinski definition) is 0. The quantitative estimate of drug-likeness (QED) is 0.0234. The van der Waals surface area contributed by atoms with E-state index in [9.17, 15) is 19.2 Å². The van der Waals surface area contributed by atoms with E-state index in [4.69, 9.17) is 28.4 Å². The summed E-state index contributed by atoms with van der Waals surface area (Å²) < 4.78 is 33.7. The van der Waals surface area contributed by atoms with Crippen molar-refractivity contribution in [2.75, 3.05) is 13.2 Å². The Balaban J connectivity index is 0.955. The number of hydrogen-bond acceptors (Lipinski definition) is 11. The lowest BCUT2D eigenvalue weighted by molar-refractivity contribution is 0.0721. The fourth-order valence-corrected chi connectivity index (χ4v) is 8.05. The van der Waals surface area contributed by atoms with E-state index in [0.717, 1.165) is 37.0 Å². The minimum absolute atomic E-state index is 0.189. The molecule has 358 valence electrons. The van der Waals surface area contributed by atoms with Gasteiger partial charge in [0, 0.05) is 0 Å². The van der Waals surface area contributed by atoms with Gasteiger partial charge in [0.05, 0.1) is 24.3 Å². The minimum Gasteiger partial charge on any atom is -0.494 e. The first-order valence-corrected chi connectivity index (χ1v) is 25.3. The van der Waals surface area contributed by atoms with Crippen LogP contribution in [0.3, 0.4) is 0 Å². The molecule has 0 N–H and O–H groups in total. The van der Waals surface area contributed by atoms with Crippen LogP contribution in [0.1, 0.15) is 182 Å². The van der Waals surface area contributed by atoms with Gasteiger partial charge in [-0.25, -0.2) is 19.2 Å². The Morgan fingerprint density at radius 2 is 0.567 bits per heavy atom. The van der Waals surface area contributed by atoms with Crippen molar-refractivity contribution in [1.29, 1.82) is 0 Å². The standard InChI is InChI=1S/C56H68O10S/c1-3-5-7-9-11-13-15-17-19-21-41-61-45-27-23-43(24-28-45)53(57)63-47-31-35-49(36-32-47)65-55(59)51-39-40-52(67-51)56(60)66-50-37-33-48(34-38-50)64-54(58)44-25-29-46(30-26-44)62-42-22-20-18-16-14-12-10-8-6-4-2/h23-40H,3-22,41-42H2,1-2H3. The van der Waals surface area contributed by atoms with Gasteiger partial charge in [0.2, 0.25) is 0 Å². The summed E-state index contributed by atoms with van der Waals surface area (Å²) in [5.74, 6) is 0.0505. The minimum atomic E-state index is -0.665. The molecule has 0 bridgehead atoms. The maximum atomic E-state index is 12.9. The Hall–Kier alpha value is -5.94. The van der Waals surface area contributed by atoms with Crippen molar-refractivity contribution in [1.82, 2.24) is 0 Å². The molecule has 5 rings (SSSR count). The highest BCUT2D eigenvalue weighted by molar-refractivity contribution is 7.15. The van der Waals surface area contributed by atoms with Gasteiger partial charge >= 0.3 is 23.9 Å². The first-order valence-electron chi connectivity index (χ1n) is 24.5. The third-order valence-electron chi connectivity index (χ3n) is 11.2. The van der Waals surface area contributed by atoms with E-state index in [1.807, 2.05) is 0 Å². The van der Waals surface area contributed by atoms with Crippen molar-refractivity contribution in [3.63, 3.8) is 0 Å². The van der Waals surface area contributed by atoms with E-state index in [-0.39, 0.29) is 32.8 Å². The lowest BCUT2D eigenvalue weighted by atomic mass is 10.1. The third kappa shape index (κ3) is 19.8. The summed E-state index contributed by atoms with van der Waals surface area (Å²) in [7, 11) is 0. The van der Waals surface area contributed by atoms with Crippen LogP contribution in [0.25, 0.3) is 0 Å². The van der Waals surface area contributed by atoms with Gasteiger partial charge in [-0.2, -0.15) is 0 Å². The van der Waals surface area contributed by atoms with E-state index in [1.54, 1.807) is 48.5 Å². The molecule has 0 saturated carbocycles. The molecule has 10 nitrogen and oxygen atoms in total. The van der Waals surface area contributed by atoms with Crippen molar-refractivity contribution < 1.29 is 47.6 Å². The highest BCUT2D eigenvalue weighted by Crippen LogP contribution is 2.26. The van der Waals surface area contributed by atoms with E-state index < -0.39 is 23.9 Å². The van der Waals surface area contributed by atoms with Crippen LogP contribution in [-0.2, 0) is 0 Å². The highest BCUT2D eigenvalue weighted by Gasteiger charge is 2.18. The van der Waals surface area contributed by atoms with Gasteiger partial charge in [-0.3, -0.25) is 0 Å². The predicted octanol–water partition coefficient (Wildman–Crippen LogP) is 15.2. The molecular formula is C56H68O10S. The van der Waals surface area contributed by atoms with Crippen LogP contribution in [-0.4, -0.2) is 37.1 Å². The van der Waals surface area contributed by atoms with Crippen LogP contribution in [0.5, 0.6) is 34.5 Å². The van der Waals surface area contributed by atoms with Gasteiger partial charge in [-0.05, 0) is 122 Å². The summed E-state index contributed by atoms with van der Waals surface area (Å²) in [6.07, 6.45) is 25.3. The second-order valence-corrected chi connectivity index (χ2v) is 17.9. The lowest BCUT2D eigenvalue weighted by Gasteiger charge is -2.08. The number of esters is 4. The highest BCUT2D eigenvalue weighted by atomic mass is 32.1. The van der Waals surface area contributed by atoms with Crippen LogP contribution in [0.2, 0.25) is 0 Å².